The molecule has 1 heterocycles. The normalized spacial score (nSPS) is 10.7. The van der Waals surface area contributed by atoms with E-state index in [9.17, 15) is 0 Å². The van der Waals surface area contributed by atoms with Crippen LogP contribution in [0.2, 0.25) is 5.02 Å². The fraction of sp³-hybridized carbons (Fsp3) is 0.222. The van der Waals surface area contributed by atoms with Gasteiger partial charge in [-0.25, -0.2) is 4.98 Å². The highest BCUT2D eigenvalue weighted by molar-refractivity contribution is 6.33. The van der Waals surface area contributed by atoms with Crippen LogP contribution in [0.25, 0.3) is 22.6 Å². The molecule has 0 fully saturated rings. The molecule has 0 aliphatic heterocycles. The van der Waals surface area contributed by atoms with Gasteiger partial charge >= 0.3 is 0 Å². The van der Waals surface area contributed by atoms with Gasteiger partial charge < -0.3 is 9.73 Å². The van der Waals surface area contributed by atoms with E-state index in [0.717, 1.165) is 40.9 Å². The zero-order valence-corrected chi connectivity index (χ0v) is 13.5. The Hall–Kier alpha value is -2.51. The molecule has 0 saturated carbocycles. The van der Waals surface area contributed by atoms with Crippen LogP contribution in [0, 0.1) is 18.3 Å². The predicted molar refractivity (Wildman–Crippen MR) is 92.5 cm³/mol. The second-order valence-corrected chi connectivity index (χ2v) is 5.78. The second kappa shape index (κ2) is 6.72. The number of fused-ring (bicyclic) bond motifs is 1. The van der Waals surface area contributed by atoms with Crippen molar-refractivity contribution in [2.45, 2.75) is 19.8 Å². The van der Waals surface area contributed by atoms with E-state index in [0.29, 0.717) is 17.3 Å². The van der Waals surface area contributed by atoms with E-state index >= 15 is 0 Å². The predicted octanol–water partition coefficient (Wildman–Crippen LogP) is 5.17. The molecular weight excluding hydrogens is 310 g/mol. The number of aryl methyl sites for hydroxylation is 1. The molecule has 116 valence electrons. The van der Waals surface area contributed by atoms with Crippen molar-refractivity contribution < 1.29 is 4.42 Å². The summed E-state index contributed by atoms with van der Waals surface area (Å²) in [6.07, 6.45) is 1.34. The van der Waals surface area contributed by atoms with Crippen LogP contribution >= 0.6 is 11.6 Å². The number of nitrogens with zero attached hydrogens (tertiary/aromatic N) is 2. The van der Waals surface area contributed by atoms with E-state index in [-0.39, 0.29) is 0 Å². The Morgan fingerprint density at radius 2 is 2.13 bits per heavy atom. The molecule has 5 heteroatoms. The number of hydrogen-bond acceptors (Lipinski definition) is 4. The summed E-state index contributed by atoms with van der Waals surface area (Å²) in [5.41, 5.74) is 4.39. The van der Waals surface area contributed by atoms with Gasteiger partial charge in [0.2, 0.25) is 5.89 Å². The smallest absolute Gasteiger partial charge is 0.228 e. The van der Waals surface area contributed by atoms with Gasteiger partial charge in [-0.05, 0) is 49.2 Å². The fourth-order valence-corrected chi connectivity index (χ4v) is 2.55. The third-order valence-corrected chi connectivity index (χ3v) is 3.86. The van der Waals surface area contributed by atoms with Gasteiger partial charge in [0.25, 0.3) is 0 Å². The van der Waals surface area contributed by atoms with Gasteiger partial charge in [0.15, 0.2) is 5.58 Å². The molecule has 0 unspecified atom stereocenters. The third-order valence-electron chi connectivity index (χ3n) is 3.53. The monoisotopic (exact) mass is 325 g/mol. The van der Waals surface area contributed by atoms with Crippen LogP contribution in [0.3, 0.4) is 0 Å². The largest absolute Gasteiger partial charge is 0.436 e. The molecule has 0 saturated heterocycles. The maximum absolute atomic E-state index is 8.57. The highest BCUT2D eigenvalue weighted by Crippen LogP contribution is 2.32. The zero-order chi connectivity index (χ0) is 16.2. The summed E-state index contributed by atoms with van der Waals surface area (Å²) < 4.78 is 5.82. The van der Waals surface area contributed by atoms with Gasteiger partial charge in [-0.3, -0.25) is 0 Å². The van der Waals surface area contributed by atoms with Crippen LogP contribution in [0.15, 0.2) is 40.8 Å². The number of nitriles is 1. The van der Waals surface area contributed by atoms with Gasteiger partial charge in [0.05, 0.1) is 16.7 Å². The lowest BCUT2D eigenvalue weighted by Crippen LogP contribution is -2.01. The van der Waals surface area contributed by atoms with E-state index < -0.39 is 0 Å². The fourth-order valence-electron chi connectivity index (χ4n) is 2.35. The highest BCUT2D eigenvalue weighted by Gasteiger charge is 2.12. The molecule has 0 bridgehead atoms. The molecule has 0 aliphatic rings. The van der Waals surface area contributed by atoms with Crippen molar-refractivity contribution >= 4 is 28.4 Å². The number of hydrogen-bond donors (Lipinski definition) is 1. The van der Waals surface area contributed by atoms with Crippen molar-refractivity contribution in [2.75, 3.05) is 11.9 Å². The Labute approximate surface area is 139 Å². The molecule has 0 spiro atoms. The van der Waals surface area contributed by atoms with Crippen molar-refractivity contribution in [1.82, 2.24) is 4.98 Å². The number of nitrogens with one attached hydrogen (secondary N) is 1. The molecule has 4 nitrogen and oxygen atoms in total. The Balaban J connectivity index is 1.89. The molecule has 3 rings (SSSR count). The summed E-state index contributed by atoms with van der Waals surface area (Å²) in [5, 5.41) is 12.4. The first kappa shape index (κ1) is 15.4. The van der Waals surface area contributed by atoms with Gasteiger partial charge in [0, 0.05) is 18.7 Å². The summed E-state index contributed by atoms with van der Waals surface area (Å²) in [5.74, 6) is 0.510. The van der Waals surface area contributed by atoms with Crippen LogP contribution in [0.4, 0.5) is 5.69 Å². The Morgan fingerprint density at radius 3 is 2.96 bits per heavy atom. The Morgan fingerprint density at radius 1 is 1.26 bits per heavy atom. The SMILES string of the molecule is Cc1ccc2oc(-c3cc(NCCCC#N)ccc3Cl)nc2c1. The first-order chi connectivity index (χ1) is 11.2. The van der Waals surface area contributed by atoms with E-state index in [1.807, 2.05) is 43.3 Å². The summed E-state index contributed by atoms with van der Waals surface area (Å²) >= 11 is 6.30. The van der Waals surface area contributed by atoms with Crippen molar-refractivity contribution in [3.63, 3.8) is 0 Å². The number of halogens is 1. The summed E-state index contributed by atoms with van der Waals surface area (Å²) in [4.78, 5) is 4.53. The lowest BCUT2D eigenvalue weighted by molar-refractivity contribution is 0.620. The van der Waals surface area contributed by atoms with Gasteiger partial charge in [-0.2, -0.15) is 5.26 Å². The summed E-state index contributed by atoms with van der Waals surface area (Å²) in [7, 11) is 0. The van der Waals surface area contributed by atoms with E-state index in [2.05, 4.69) is 16.4 Å². The van der Waals surface area contributed by atoms with Gasteiger partial charge in [-0.1, -0.05) is 17.7 Å². The van der Waals surface area contributed by atoms with E-state index in [1.54, 1.807) is 0 Å². The van der Waals surface area contributed by atoms with Crippen LogP contribution < -0.4 is 5.32 Å². The number of rotatable bonds is 5. The third kappa shape index (κ3) is 3.46. The molecule has 0 aliphatic carbocycles. The lowest BCUT2D eigenvalue weighted by Gasteiger charge is -2.07. The van der Waals surface area contributed by atoms with Crippen molar-refractivity contribution in [1.29, 1.82) is 5.26 Å². The molecular formula is C18H16ClN3O. The molecule has 1 aromatic heterocycles. The number of anilines is 1. The van der Waals surface area contributed by atoms with Crippen LogP contribution in [0.5, 0.6) is 0 Å². The van der Waals surface area contributed by atoms with Crippen LogP contribution in [0.1, 0.15) is 18.4 Å². The minimum Gasteiger partial charge on any atom is -0.436 e. The average Bonchev–Trinajstić information content (AvgIpc) is 2.95. The summed E-state index contributed by atoms with van der Waals surface area (Å²) in [6, 6.07) is 13.7. The molecule has 0 radical (unpaired) electrons. The summed E-state index contributed by atoms with van der Waals surface area (Å²) in [6.45, 7) is 2.76. The first-order valence-corrected chi connectivity index (χ1v) is 7.83. The highest BCUT2D eigenvalue weighted by atomic mass is 35.5. The molecule has 3 aromatic rings. The number of oxazole rings is 1. The maximum atomic E-state index is 8.57. The molecule has 23 heavy (non-hydrogen) atoms. The Bertz CT molecular complexity index is 880. The van der Waals surface area contributed by atoms with Crippen molar-refractivity contribution in [2.24, 2.45) is 0 Å². The van der Waals surface area contributed by atoms with Crippen molar-refractivity contribution in [3.05, 3.63) is 47.0 Å². The molecule has 0 atom stereocenters. The van der Waals surface area contributed by atoms with E-state index in [1.165, 1.54) is 0 Å². The average molecular weight is 326 g/mol. The van der Waals surface area contributed by atoms with Gasteiger partial charge in [-0.15, -0.1) is 0 Å². The topological polar surface area (TPSA) is 61.9 Å². The van der Waals surface area contributed by atoms with E-state index in [4.69, 9.17) is 21.3 Å². The lowest BCUT2D eigenvalue weighted by atomic mass is 10.2. The Kier molecular flexibility index (Phi) is 4.50. The molecule has 1 N–H and O–H groups in total. The van der Waals surface area contributed by atoms with Crippen LogP contribution in [-0.2, 0) is 0 Å². The van der Waals surface area contributed by atoms with Gasteiger partial charge in [0.1, 0.15) is 5.52 Å². The molecule has 0 amide bonds. The minimum absolute atomic E-state index is 0.510. The number of unbranched alkanes of at least 4 members (excludes halogenated alkanes) is 1. The minimum atomic E-state index is 0.510. The first-order valence-electron chi connectivity index (χ1n) is 7.45. The quantitative estimate of drug-likeness (QED) is 0.657. The molecule has 2 aromatic carbocycles. The standard InChI is InChI=1S/C18H16ClN3O/c1-12-4-7-17-16(10-12)22-18(23-17)14-11-13(5-6-15(14)19)21-9-3-2-8-20/h4-7,10-11,21H,2-3,9H2,1H3. The number of benzene rings is 2. The zero-order valence-electron chi connectivity index (χ0n) is 12.8. The van der Waals surface area contributed by atoms with Crippen molar-refractivity contribution in [3.8, 4) is 17.5 Å². The number of aromatic nitrogens is 1. The van der Waals surface area contributed by atoms with Crippen LogP contribution in [-0.4, -0.2) is 11.5 Å². The maximum Gasteiger partial charge on any atom is 0.228 e. The second-order valence-electron chi connectivity index (χ2n) is 5.37.